The van der Waals surface area contributed by atoms with Crippen molar-refractivity contribution in [3.05, 3.63) is 76.9 Å². The summed E-state index contributed by atoms with van der Waals surface area (Å²) in [6.45, 7) is 7.66. The van der Waals surface area contributed by atoms with Crippen LogP contribution in [0.5, 0.6) is 5.75 Å². The fourth-order valence-electron chi connectivity index (χ4n) is 3.68. The minimum atomic E-state index is -0.767. The van der Waals surface area contributed by atoms with Crippen LogP contribution in [0, 0.1) is 13.8 Å². The highest BCUT2D eigenvalue weighted by Crippen LogP contribution is 2.32. The first kappa shape index (κ1) is 21.3. The molecule has 0 atom stereocenters. The van der Waals surface area contributed by atoms with Crippen molar-refractivity contribution in [2.75, 3.05) is 4.90 Å². The summed E-state index contributed by atoms with van der Waals surface area (Å²) in [5.41, 5.74) is 2.87. The van der Waals surface area contributed by atoms with Gasteiger partial charge < -0.3 is 4.74 Å². The molecule has 6 nitrogen and oxygen atoms in total. The van der Waals surface area contributed by atoms with Gasteiger partial charge in [-0.05, 0) is 73.9 Å². The van der Waals surface area contributed by atoms with Crippen molar-refractivity contribution in [3.63, 3.8) is 0 Å². The van der Waals surface area contributed by atoms with E-state index >= 15 is 0 Å². The number of anilines is 1. The van der Waals surface area contributed by atoms with Crippen LogP contribution < -0.4 is 15.0 Å². The third-order valence-electron chi connectivity index (χ3n) is 5.43. The predicted octanol–water partition coefficient (Wildman–Crippen LogP) is 4.91. The van der Waals surface area contributed by atoms with E-state index in [2.05, 4.69) is 5.32 Å². The van der Waals surface area contributed by atoms with E-state index in [1.54, 1.807) is 12.1 Å². The largest absolute Gasteiger partial charge is 0.490 e. The summed E-state index contributed by atoms with van der Waals surface area (Å²) >= 11 is 0. The number of amides is 4. The lowest BCUT2D eigenvalue weighted by atomic mass is 9.99. The number of rotatable bonds is 4. The van der Waals surface area contributed by atoms with E-state index in [-0.39, 0.29) is 11.7 Å². The molecule has 0 aliphatic carbocycles. The minimum absolute atomic E-state index is 0.0993. The van der Waals surface area contributed by atoms with Crippen LogP contribution in [0.2, 0.25) is 0 Å². The van der Waals surface area contributed by atoms with Crippen LogP contribution in [0.15, 0.2) is 60.2 Å². The Bertz CT molecular complexity index is 1290. The molecule has 162 valence electrons. The third kappa shape index (κ3) is 3.87. The molecule has 0 spiro atoms. The smallest absolute Gasteiger partial charge is 0.335 e. The molecule has 3 aromatic rings. The quantitative estimate of drug-likeness (QED) is 0.473. The highest BCUT2D eigenvalue weighted by atomic mass is 16.5. The Labute approximate surface area is 186 Å². The van der Waals surface area contributed by atoms with Gasteiger partial charge in [0.05, 0.1) is 11.8 Å². The van der Waals surface area contributed by atoms with Crippen molar-refractivity contribution < 1.29 is 19.1 Å². The highest BCUT2D eigenvalue weighted by molar-refractivity contribution is 6.39. The van der Waals surface area contributed by atoms with Crippen molar-refractivity contribution in [3.8, 4) is 5.75 Å². The van der Waals surface area contributed by atoms with Gasteiger partial charge in [0.1, 0.15) is 11.3 Å². The maximum atomic E-state index is 13.4. The molecule has 0 radical (unpaired) electrons. The Morgan fingerprint density at radius 3 is 2.41 bits per heavy atom. The lowest BCUT2D eigenvalue weighted by molar-refractivity contribution is -0.122. The van der Waals surface area contributed by atoms with Crippen molar-refractivity contribution in [2.24, 2.45) is 0 Å². The zero-order valence-electron chi connectivity index (χ0n) is 18.4. The van der Waals surface area contributed by atoms with Crippen LogP contribution in [0.3, 0.4) is 0 Å². The Morgan fingerprint density at radius 1 is 0.938 bits per heavy atom. The van der Waals surface area contributed by atoms with Gasteiger partial charge in [-0.25, -0.2) is 9.69 Å². The first-order valence-electron chi connectivity index (χ1n) is 10.4. The van der Waals surface area contributed by atoms with Gasteiger partial charge >= 0.3 is 6.03 Å². The SMILES string of the molecule is Cc1ccc(N2C(=O)NC(=O)/C(=C\c3c(OC(C)C)ccc4ccccc34)C2=O)cc1C. The second-order valence-electron chi connectivity index (χ2n) is 8.09. The number of carbonyl (C=O) groups is 3. The van der Waals surface area contributed by atoms with E-state index in [9.17, 15) is 14.4 Å². The van der Waals surface area contributed by atoms with E-state index < -0.39 is 17.8 Å². The lowest BCUT2D eigenvalue weighted by Crippen LogP contribution is -2.54. The molecule has 1 heterocycles. The summed E-state index contributed by atoms with van der Waals surface area (Å²) in [4.78, 5) is 39.6. The number of barbiturate groups is 1. The van der Waals surface area contributed by atoms with Gasteiger partial charge in [-0.3, -0.25) is 14.9 Å². The van der Waals surface area contributed by atoms with E-state index in [0.717, 1.165) is 26.8 Å². The average molecular weight is 428 g/mol. The standard InChI is InChI=1S/C26H24N2O4/c1-15(2)32-23-12-10-18-7-5-6-8-20(18)21(23)14-22-24(29)27-26(31)28(25(22)30)19-11-9-16(3)17(4)13-19/h5-15H,1-4H3,(H,27,29,31)/b22-14+. The summed E-state index contributed by atoms with van der Waals surface area (Å²) in [5, 5.41) is 4.08. The van der Waals surface area contributed by atoms with Gasteiger partial charge in [0, 0.05) is 5.56 Å². The number of nitrogens with one attached hydrogen (secondary N) is 1. The van der Waals surface area contributed by atoms with Crippen molar-refractivity contribution >= 4 is 40.4 Å². The molecule has 1 aliphatic rings. The van der Waals surface area contributed by atoms with Gasteiger partial charge in [0.2, 0.25) is 0 Å². The molecule has 3 aromatic carbocycles. The molecule has 4 rings (SSSR count). The Morgan fingerprint density at radius 2 is 1.69 bits per heavy atom. The second-order valence-corrected chi connectivity index (χ2v) is 8.09. The summed E-state index contributed by atoms with van der Waals surface area (Å²) in [7, 11) is 0. The number of benzene rings is 3. The zero-order valence-corrected chi connectivity index (χ0v) is 18.4. The van der Waals surface area contributed by atoms with E-state index in [1.807, 2.05) is 70.2 Å². The number of fused-ring (bicyclic) bond motifs is 1. The molecular weight excluding hydrogens is 404 g/mol. The fourth-order valence-corrected chi connectivity index (χ4v) is 3.68. The van der Waals surface area contributed by atoms with Crippen molar-refractivity contribution in [2.45, 2.75) is 33.8 Å². The minimum Gasteiger partial charge on any atom is -0.490 e. The summed E-state index contributed by atoms with van der Waals surface area (Å²) < 4.78 is 5.96. The van der Waals surface area contributed by atoms with Crippen molar-refractivity contribution in [1.82, 2.24) is 5.32 Å². The molecule has 1 saturated heterocycles. The first-order chi connectivity index (χ1) is 15.3. The Hall–Kier alpha value is -3.93. The van der Waals surface area contributed by atoms with Crippen LogP contribution in [0.25, 0.3) is 16.8 Å². The topological polar surface area (TPSA) is 75.7 Å². The van der Waals surface area contributed by atoms with Gasteiger partial charge in [-0.1, -0.05) is 36.4 Å². The number of imide groups is 2. The third-order valence-corrected chi connectivity index (χ3v) is 5.43. The maximum absolute atomic E-state index is 13.4. The number of carbonyl (C=O) groups excluding carboxylic acids is 3. The monoisotopic (exact) mass is 428 g/mol. The molecule has 0 bridgehead atoms. The normalized spacial score (nSPS) is 15.6. The lowest BCUT2D eigenvalue weighted by Gasteiger charge is -2.27. The van der Waals surface area contributed by atoms with Crippen molar-refractivity contribution in [1.29, 1.82) is 0 Å². The van der Waals surface area contributed by atoms with E-state index in [4.69, 9.17) is 4.74 Å². The van der Waals surface area contributed by atoms with Crippen LogP contribution in [-0.4, -0.2) is 23.9 Å². The predicted molar refractivity (Wildman–Crippen MR) is 125 cm³/mol. The summed E-state index contributed by atoms with van der Waals surface area (Å²) in [5.74, 6) is -0.852. The molecule has 0 unspecified atom stereocenters. The molecule has 32 heavy (non-hydrogen) atoms. The van der Waals surface area contributed by atoms with Crippen LogP contribution in [0.1, 0.15) is 30.5 Å². The number of urea groups is 1. The number of hydrogen-bond acceptors (Lipinski definition) is 4. The molecule has 1 N–H and O–H groups in total. The highest BCUT2D eigenvalue weighted by Gasteiger charge is 2.37. The molecule has 6 heteroatoms. The molecule has 4 amide bonds. The van der Waals surface area contributed by atoms with Crippen LogP contribution in [-0.2, 0) is 9.59 Å². The fraction of sp³-hybridized carbons (Fsp3) is 0.192. The summed E-state index contributed by atoms with van der Waals surface area (Å²) in [6, 6.07) is 15.9. The number of hydrogen-bond donors (Lipinski definition) is 1. The Kier molecular flexibility index (Phi) is 5.53. The van der Waals surface area contributed by atoms with E-state index in [1.165, 1.54) is 6.08 Å². The summed E-state index contributed by atoms with van der Waals surface area (Å²) in [6.07, 6.45) is 1.41. The van der Waals surface area contributed by atoms with Crippen LogP contribution >= 0.6 is 0 Å². The maximum Gasteiger partial charge on any atom is 0.335 e. The average Bonchev–Trinajstić information content (AvgIpc) is 2.74. The zero-order chi connectivity index (χ0) is 23.0. The molecule has 1 aliphatic heterocycles. The molecular formula is C26H24N2O4. The number of nitrogens with zero attached hydrogens (tertiary/aromatic N) is 1. The number of aryl methyl sites for hydroxylation is 2. The molecule has 0 saturated carbocycles. The van der Waals surface area contributed by atoms with Gasteiger partial charge in [-0.2, -0.15) is 0 Å². The van der Waals surface area contributed by atoms with Gasteiger partial charge in [0.25, 0.3) is 11.8 Å². The Balaban J connectivity index is 1.86. The van der Waals surface area contributed by atoms with Gasteiger partial charge in [-0.15, -0.1) is 0 Å². The molecule has 0 aromatic heterocycles. The van der Waals surface area contributed by atoms with Crippen LogP contribution in [0.4, 0.5) is 10.5 Å². The molecule has 1 fully saturated rings. The second kappa shape index (κ2) is 8.30. The van der Waals surface area contributed by atoms with E-state index in [0.29, 0.717) is 17.0 Å². The van der Waals surface area contributed by atoms with Gasteiger partial charge in [0.15, 0.2) is 0 Å². The first-order valence-corrected chi connectivity index (χ1v) is 10.4. The number of ether oxygens (including phenoxy) is 1.